The molecule has 1 aromatic carbocycles. The number of likely N-dealkylation sites (N-methyl/N-ethyl adjacent to an activating group) is 1. The van der Waals surface area contributed by atoms with Crippen LogP contribution in [0.25, 0.3) is 6.08 Å². The van der Waals surface area contributed by atoms with Gasteiger partial charge in [-0.15, -0.1) is 0 Å². The maximum atomic E-state index is 11.8. The molecule has 1 aliphatic heterocycles. The molecule has 0 bridgehead atoms. The Balaban J connectivity index is 1.95. The van der Waals surface area contributed by atoms with Crippen LogP contribution in [0.5, 0.6) is 0 Å². The van der Waals surface area contributed by atoms with E-state index in [4.69, 9.17) is 4.74 Å². The van der Waals surface area contributed by atoms with Gasteiger partial charge in [0.25, 0.3) is 0 Å². The van der Waals surface area contributed by atoms with Gasteiger partial charge in [-0.1, -0.05) is 24.3 Å². The Kier molecular flexibility index (Phi) is 3.59. The molecule has 0 aromatic heterocycles. The number of benzene rings is 1. The fourth-order valence-corrected chi connectivity index (χ4v) is 1.63. The highest BCUT2D eigenvalue weighted by atomic mass is 16.6. The van der Waals surface area contributed by atoms with Gasteiger partial charge < -0.3 is 9.64 Å². The Bertz CT molecular complexity index is 436. The van der Waals surface area contributed by atoms with Gasteiger partial charge >= 0.3 is 0 Å². The second-order valence-corrected chi connectivity index (χ2v) is 4.36. The monoisotopic (exact) mass is 231 g/mol. The molecule has 3 heteroatoms. The molecule has 1 aliphatic rings. The number of epoxide rings is 1. The third-order valence-electron chi connectivity index (χ3n) is 2.85. The lowest BCUT2D eigenvalue weighted by atomic mass is 10.1. The SMILES string of the molecule is Cc1ccccc1C=CC(=O)N(C)CC1CO1. The summed E-state index contributed by atoms with van der Waals surface area (Å²) >= 11 is 0. The summed E-state index contributed by atoms with van der Waals surface area (Å²) < 4.78 is 5.09. The fraction of sp³-hybridized carbons (Fsp3) is 0.357. The number of nitrogens with zero attached hydrogens (tertiary/aromatic N) is 1. The number of rotatable bonds is 4. The molecule has 0 radical (unpaired) electrons. The van der Waals surface area contributed by atoms with Crippen molar-refractivity contribution in [2.45, 2.75) is 13.0 Å². The molecule has 1 heterocycles. The molecule has 1 aromatic rings. The van der Waals surface area contributed by atoms with E-state index in [1.54, 1.807) is 18.0 Å². The number of aryl methyl sites for hydroxylation is 1. The van der Waals surface area contributed by atoms with E-state index in [-0.39, 0.29) is 12.0 Å². The normalized spacial score (nSPS) is 18.4. The van der Waals surface area contributed by atoms with Gasteiger partial charge in [-0.05, 0) is 24.1 Å². The molecule has 1 atom stereocenters. The van der Waals surface area contributed by atoms with Crippen LogP contribution in [0.1, 0.15) is 11.1 Å². The molecule has 17 heavy (non-hydrogen) atoms. The summed E-state index contributed by atoms with van der Waals surface area (Å²) in [6.45, 7) is 3.49. The number of amides is 1. The highest BCUT2D eigenvalue weighted by molar-refractivity contribution is 5.91. The first-order valence-electron chi connectivity index (χ1n) is 5.77. The molecule has 0 saturated carbocycles. The van der Waals surface area contributed by atoms with Crippen LogP contribution in [0, 0.1) is 6.92 Å². The van der Waals surface area contributed by atoms with Crippen molar-refractivity contribution in [2.75, 3.05) is 20.2 Å². The Morgan fingerprint density at radius 1 is 1.53 bits per heavy atom. The van der Waals surface area contributed by atoms with E-state index in [0.29, 0.717) is 6.54 Å². The molecule has 0 N–H and O–H groups in total. The Morgan fingerprint density at radius 2 is 2.24 bits per heavy atom. The highest BCUT2D eigenvalue weighted by Crippen LogP contribution is 2.11. The standard InChI is InChI=1S/C14H17NO2/c1-11-5-3-4-6-12(11)7-8-14(16)15(2)9-13-10-17-13/h3-8,13H,9-10H2,1-2H3. The van der Waals surface area contributed by atoms with Crippen molar-refractivity contribution in [2.24, 2.45) is 0 Å². The van der Waals surface area contributed by atoms with Gasteiger partial charge in [0.15, 0.2) is 0 Å². The predicted molar refractivity (Wildman–Crippen MR) is 67.6 cm³/mol. The second kappa shape index (κ2) is 5.15. The highest BCUT2D eigenvalue weighted by Gasteiger charge is 2.25. The largest absolute Gasteiger partial charge is 0.371 e. The Morgan fingerprint density at radius 3 is 2.88 bits per heavy atom. The molecule has 1 unspecified atom stereocenters. The van der Waals surface area contributed by atoms with Crippen molar-refractivity contribution >= 4 is 12.0 Å². The van der Waals surface area contributed by atoms with Crippen molar-refractivity contribution in [1.29, 1.82) is 0 Å². The first-order chi connectivity index (χ1) is 8.16. The van der Waals surface area contributed by atoms with Gasteiger partial charge in [0.1, 0.15) is 0 Å². The lowest BCUT2D eigenvalue weighted by Crippen LogP contribution is -2.28. The minimum Gasteiger partial charge on any atom is -0.371 e. The van der Waals surface area contributed by atoms with Crippen molar-refractivity contribution in [3.63, 3.8) is 0 Å². The van der Waals surface area contributed by atoms with E-state index < -0.39 is 0 Å². The fourth-order valence-electron chi connectivity index (χ4n) is 1.63. The van der Waals surface area contributed by atoms with E-state index in [1.807, 2.05) is 37.3 Å². The van der Waals surface area contributed by atoms with Crippen molar-refractivity contribution in [3.05, 3.63) is 41.5 Å². The van der Waals surface area contributed by atoms with E-state index in [2.05, 4.69) is 0 Å². The molecule has 1 saturated heterocycles. The number of carbonyl (C=O) groups is 1. The minimum absolute atomic E-state index is 0.0174. The number of hydrogen-bond acceptors (Lipinski definition) is 2. The number of carbonyl (C=O) groups excluding carboxylic acids is 1. The summed E-state index contributed by atoms with van der Waals surface area (Å²) in [5.74, 6) is 0.0174. The van der Waals surface area contributed by atoms with Crippen LogP contribution in [0.2, 0.25) is 0 Å². The van der Waals surface area contributed by atoms with Crippen LogP contribution in [-0.4, -0.2) is 37.1 Å². The van der Waals surface area contributed by atoms with Gasteiger partial charge in [-0.3, -0.25) is 4.79 Å². The van der Waals surface area contributed by atoms with E-state index in [0.717, 1.165) is 12.2 Å². The average Bonchev–Trinajstić information content (AvgIpc) is 3.11. The van der Waals surface area contributed by atoms with Gasteiger partial charge in [-0.2, -0.15) is 0 Å². The molecular weight excluding hydrogens is 214 g/mol. The third-order valence-corrected chi connectivity index (χ3v) is 2.85. The first-order valence-corrected chi connectivity index (χ1v) is 5.77. The van der Waals surface area contributed by atoms with Crippen LogP contribution >= 0.6 is 0 Å². The zero-order chi connectivity index (χ0) is 12.3. The summed E-state index contributed by atoms with van der Waals surface area (Å²) in [5, 5.41) is 0. The molecule has 90 valence electrons. The van der Waals surface area contributed by atoms with Crippen molar-refractivity contribution in [1.82, 2.24) is 4.90 Å². The summed E-state index contributed by atoms with van der Waals surface area (Å²) in [6.07, 6.45) is 3.72. The van der Waals surface area contributed by atoms with Crippen molar-refractivity contribution in [3.8, 4) is 0 Å². The summed E-state index contributed by atoms with van der Waals surface area (Å²) in [7, 11) is 1.80. The van der Waals surface area contributed by atoms with Crippen LogP contribution in [0.3, 0.4) is 0 Å². The molecule has 3 nitrogen and oxygen atoms in total. The zero-order valence-electron chi connectivity index (χ0n) is 10.2. The Hall–Kier alpha value is -1.61. The summed E-state index contributed by atoms with van der Waals surface area (Å²) in [4.78, 5) is 13.5. The van der Waals surface area contributed by atoms with Gasteiger partial charge in [0.05, 0.1) is 12.7 Å². The molecular formula is C14H17NO2. The number of hydrogen-bond donors (Lipinski definition) is 0. The van der Waals surface area contributed by atoms with Crippen LogP contribution in [0.15, 0.2) is 30.3 Å². The first kappa shape index (κ1) is 11.9. The van der Waals surface area contributed by atoms with Crippen LogP contribution < -0.4 is 0 Å². The topological polar surface area (TPSA) is 32.8 Å². The molecule has 1 amide bonds. The lowest BCUT2D eigenvalue weighted by Gasteiger charge is -2.12. The third kappa shape index (κ3) is 3.43. The van der Waals surface area contributed by atoms with Crippen LogP contribution in [-0.2, 0) is 9.53 Å². The van der Waals surface area contributed by atoms with E-state index >= 15 is 0 Å². The summed E-state index contributed by atoms with van der Waals surface area (Å²) in [6, 6.07) is 8.00. The minimum atomic E-state index is 0.0174. The Labute approximate surface area is 102 Å². The predicted octanol–water partition coefficient (Wildman–Crippen LogP) is 1.87. The molecule has 0 spiro atoms. The van der Waals surface area contributed by atoms with Gasteiger partial charge in [-0.25, -0.2) is 0 Å². The van der Waals surface area contributed by atoms with E-state index in [9.17, 15) is 4.79 Å². The smallest absolute Gasteiger partial charge is 0.246 e. The lowest BCUT2D eigenvalue weighted by molar-refractivity contribution is -0.124. The molecule has 0 aliphatic carbocycles. The molecule has 2 rings (SSSR count). The second-order valence-electron chi connectivity index (χ2n) is 4.36. The maximum Gasteiger partial charge on any atom is 0.246 e. The molecule has 1 fully saturated rings. The zero-order valence-corrected chi connectivity index (χ0v) is 10.2. The number of ether oxygens (including phenoxy) is 1. The van der Waals surface area contributed by atoms with Crippen molar-refractivity contribution < 1.29 is 9.53 Å². The maximum absolute atomic E-state index is 11.8. The van der Waals surface area contributed by atoms with E-state index in [1.165, 1.54) is 5.56 Å². The van der Waals surface area contributed by atoms with Gasteiger partial charge in [0, 0.05) is 19.7 Å². The van der Waals surface area contributed by atoms with Crippen LogP contribution in [0.4, 0.5) is 0 Å². The quantitative estimate of drug-likeness (QED) is 0.585. The average molecular weight is 231 g/mol. The van der Waals surface area contributed by atoms with Gasteiger partial charge in [0.2, 0.25) is 5.91 Å². The summed E-state index contributed by atoms with van der Waals surface area (Å²) in [5.41, 5.74) is 2.25.